The summed E-state index contributed by atoms with van der Waals surface area (Å²) in [6, 6.07) is 39.4. The van der Waals surface area contributed by atoms with Crippen molar-refractivity contribution in [2.45, 2.75) is 12.5 Å². The Morgan fingerprint density at radius 3 is 1.41 bits per heavy atom. The molecule has 1 aliphatic rings. The van der Waals surface area contributed by atoms with E-state index in [1.54, 1.807) is 6.92 Å². The van der Waals surface area contributed by atoms with Gasteiger partial charge in [-0.25, -0.2) is 4.79 Å². The summed E-state index contributed by atoms with van der Waals surface area (Å²) in [4.78, 5) is 12.9. The van der Waals surface area contributed by atoms with E-state index in [0.29, 0.717) is 11.3 Å². The SMILES string of the molecule is CC1(C(=O)O)OC(c2ccccc2)=C(c2ccccc2)C(c2ccccc2)=C1c1ccccc1. The van der Waals surface area contributed by atoms with Crippen LogP contribution in [0.25, 0.3) is 22.5 Å². The number of aliphatic carboxylic acids is 1. The molecule has 3 heteroatoms. The van der Waals surface area contributed by atoms with Crippen molar-refractivity contribution in [3.8, 4) is 0 Å². The van der Waals surface area contributed by atoms with Gasteiger partial charge in [-0.2, -0.15) is 0 Å². The van der Waals surface area contributed by atoms with Gasteiger partial charge in [-0.3, -0.25) is 0 Å². The summed E-state index contributed by atoms with van der Waals surface area (Å²) >= 11 is 0. The number of ether oxygens (including phenoxy) is 1. The van der Waals surface area contributed by atoms with Crippen LogP contribution in [0.1, 0.15) is 29.2 Å². The zero-order valence-corrected chi connectivity index (χ0v) is 18.8. The van der Waals surface area contributed by atoms with Crippen molar-refractivity contribution in [3.63, 3.8) is 0 Å². The molecule has 1 N–H and O–H groups in total. The zero-order chi connectivity index (χ0) is 23.5. The molecule has 0 saturated carbocycles. The third kappa shape index (κ3) is 3.71. The molecule has 5 rings (SSSR count). The molecule has 0 bridgehead atoms. The molecule has 3 nitrogen and oxygen atoms in total. The third-order valence-corrected chi connectivity index (χ3v) is 6.14. The lowest BCUT2D eigenvalue weighted by Gasteiger charge is -2.38. The summed E-state index contributed by atoms with van der Waals surface area (Å²) in [6.07, 6.45) is 0. The Morgan fingerprint density at radius 1 is 0.588 bits per heavy atom. The Labute approximate surface area is 199 Å². The Bertz CT molecular complexity index is 1370. The number of carbonyl (C=O) groups is 1. The van der Waals surface area contributed by atoms with Crippen LogP contribution in [-0.2, 0) is 9.53 Å². The first-order valence-electron chi connectivity index (χ1n) is 11.2. The lowest BCUT2D eigenvalue weighted by Crippen LogP contribution is -2.42. The molecule has 1 heterocycles. The van der Waals surface area contributed by atoms with E-state index in [1.165, 1.54) is 0 Å². The van der Waals surface area contributed by atoms with E-state index in [0.717, 1.165) is 33.4 Å². The maximum absolute atomic E-state index is 12.9. The van der Waals surface area contributed by atoms with Crippen molar-refractivity contribution < 1.29 is 14.6 Å². The molecule has 0 aliphatic carbocycles. The lowest BCUT2D eigenvalue weighted by atomic mass is 9.76. The van der Waals surface area contributed by atoms with Crippen LogP contribution in [0.4, 0.5) is 0 Å². The molecule has 1 aliphatic heterocycles. The van der Waals surface area contributed by atoms with Crippen LogP contribution in [0.3, 0.4) is 0 Å². The molecule has 0 spiro atoms. The van der Waals surface area contributed by atoms with E-state index in [1.807, 2.05) is 121 Å². The minimum Gasteiger partial charge on any atom is -0.478 e. The van der Waals surface area contributed by atoms with Gasteiger partial charge >= 0.3 is 5.97 Å². The van der Waals surface area contributed by atoms with Gasteiger partial charge in [-0.05, 0) is 23.6 Å². The first-order valence-corrected chi connectivity index (χ1v) is 11.2. The highest BCUT2D eigenvalue weighted by Gasteiger charge is 2.47. The maximum atomic E-state index is 12.9. The van der Waals surface area contributed by atoms with Gasteiger partial charge in [0.05, 0.1) is 0 Å². The topological polar surface area (TPSA) is 46.5 Å². The van der Waals surface area contributed by atoms with Crippen LogP contribution in [0.2, 0.25) is 0 Å². The van der Waals surface area contributed by atoms with E-state index < -0.39 is 11.6 Å². The normalized spacial score (nSPS) is 17.9. The van der Waals surface area contributed by atoms with Crippen LogP contribution < -0.4 is 0 Å². The van der Waals surface area contributed by atoms with Gasteiger partial charge in [-0.15, -0.1) is 0 Å². The van der Waals surface area contributed by atoms with E-state index >= 15 is 0 Å². The van der Waals surface area contributed by atoms with Crippen molar-refractivity contribution >= 4 is 28.4 Å². The lowest BCUT2D eigenvalue weighted by molar-refractivity contribution is -0.150. The molecule has 0 aromatic heterocycles. The monoisotopic (exact) mass is 444 g/mol. The number of carboxylic acids is 1. The standard InChI is InChI=1S/C31H24O3/c1-31(30(32)33)28(24-18-10-4-11-19-24)26(22-14-6-2-7-15-22)27(23-16-8-3-9-17-23)29(34-31)25-20-12-5-13-21-25/h2-21H,1H3,(H,32,33). The van der Waals surface area contributed by atoms with Gasteiger partial charge in [0.25, 0.3) is 0 Å². The Hall–Kier alpha value is -4.37. The predicted octanol–water partition coefficient (Wildman–Crippen LogP) is 7.04. The first kappa shape index (κ1) is 21.5. The molecule has 34 heavy (non-hydrogen) atoms. The quantitative estimate of drug-likeness (QED) is 0.359. The van der Waals surface area contributed by atoms with E-state index in [9.17, 15) is 9.90 Å². The van der Waals surface area contributed by atoms with Crippen molar-refractivity contribution in [1.29, 1.82) is 0 Å². The summed E-state index contributed by atoms with van der Waals surface area (Å²) in [5.74, 6) is -0.490. The molecular weight excluding hydrogens is 420 g/mol. The molecule has 0 radical (unpaired) electrons. The highest BCUT2D eigenvalue weighted by atomic mass is 16.5. The fraction of sp³-hybridized carbons (Fsp3) is 0.0645. The molecule has 0 amide bonds. The van der Waals surface area contributed by atoms with Gasteiger partial charge in [0.1, 0.15) is 5.76 Å². The summed E-state index contributed by atoms with van der Waals surface area (Å²) in [5.41, 5.74) is 4.29. The highest BCUT2D eigenvalue weighted by molar-refractivity contribution is 6.25. The molecule has 4 aromatic rings. The van der Waals surface area contributed by atoms with Crippen LogP contribution in [0.5, 0.6) is 0 Å². The second kappa shape index (κ2) is 8.87. The second-order valence-corrected chi connectivity index (χ2v) is 8.36. The molecule has 1 atom stereocenters. The average Bonchev–Trinajstić information content (AvgIpc) is 2.90. The Morgan fingerprint density at radius 2 is 0.971 bits per heavy atom. The molecule has 4 aromatic carbocycles. The fourth-order valence-electron chi connectivity index (χ4n) is 4.52. The predicted molar refractivity (Wildman–Crippen MR) is 137 cm³/mol. The fourth-order valence-corrected chi connectivity index (χ4v) is 4.52. The number of carboxylic acid groups (broad SMARTS) is 1. The first-order chi connectivity index (χ1) is 16.6. The van der Waals surface area contributed by atoms with E-state index in [4.69, 9.17) is 4.74 Å². The van der Waals surface area contributed by atoms with Crippen LogP contribution in [0, 0.1) is 0 Å². The third-order valence-electron chi connectivity index (χ3n) is 6.14. The van der Waals surface area contributed by atoms with Gasteiger partial charge in [-0.1, -0.05) is 121 Å². The number of rotatable bonds is 5. The van der Waals surface area contributed by atoms with Crippen molar-refractivity contribution in [1.82, 2.24) is 0 Å². The van der Waals surface area contributed by atoms with Crippen molar-refractivity contribution in [3.05, 3.63) is 144 Å². The largest absolute Gasteiger partial charge is 0.478 e. The minimum atomic E-state index is -1.60. The number of hydrogen-bond acceptors (Lipinski definition) is 2. The Balaban J connectivity index is 1.97. The van der Waals surface area contributed by atoms with Gasteiger partial charge in [0.2, 0.25) is 5.60 Å². The molecule has 166 valence electrons. The summed E-state index contributed by atoms with van der Waals surface area (Å²) in [6.45, 7) is 1.64. The maximum Gasteiger partial charge on any atom is 0.352 e. The van der Waals surface area contributed by atoms with Crippen LogP contribution in [0.15, 0.2) is 121 Å². The summed E-state index contributed by atoms with van der Waals surface area (Å²) < 4.78 is 6.53. The number of hydrogen-bond donors (Lipinski definition) is 1. The summed E-state index contributed by atoms with van der Waals surface area (Å²) in [5, 5.41) is 10.5. The van der Waals surface area contributed by atoms with E-state index in [2.05, 4.69) is 0 Å². The molecule has 0 saturated heterocycles. The van der Waals surface area contributed by atoms with Gasteiger partial charge in [0.15, 0.2) is 0 Å². The van der Waals surface area contributed by atoms with E-state index in [-0.39, 0.29) is 0 Å². The summed E-state index contributed by atoms with van der Waals surface area (Å²) in [7, 11) is 0. The molecular formula is C31H24O3. The average molecular weight is 445 g/mol. The second-order valence-electron chi connectivity index (χ2n) is 8.36. The van der Waals surface area contributed by atoms with Crippen LogP contribution in [-0.4, -0.2) is 16.7 Å². The van der Waals surface area contributed by atoms with Gasteiger partial charge in [0, 0.05) is 22.3 Å². The number of allylic oxidation sites excluding steroid dienone is 2. The van der Waals surface area contributed by atoms with Crippen molar-refractivity contribution in [2.75, 3.05) is 0 Å². The molecule has 1 unspecified atom stereocenters. The zero-order valence-electron chi connectivity index (χ0n) is 18.8. The van der Waals surface area contributed by atoms with Crippen LogP contribution >= 0.6 is 0 Å². The van der Waals surface area contributed by atoms with Crippen molar-refractivity contribution in [2.24, 2.45) is 0 Å². The Kier molecular flexibility index (Phi) is 5.60. The highest BCUT2D eigenvalue weighted by Crippen LogP contribution is 2.52. The van der Waals surface area contributed by atoms with Gasteiger partial charge < -0.3 is 9.84 Å². The molecule has 0 fully saturated rings. The smallest absolute Gasteiger partial charge is 0.352 e. The number of benzene rings is 4. The minimum absolute atomic E-state index is 0.551.